The normalized spacial score (nSPS) is 19.4. The number of aromatic carboxylic acids is 1. The van der Waals surface area contributed by atoms with E-state index >= 15 is 0 Å². The predicted molar refractivity (Wildman–Crippen MR) is 162 cm³/mol. The maximum atomic E-state index is 14.1. The molecule has 0 unspecified atom stereocenters. The Hall–Kier alpha value is -3.07. The van der Waals surface area contributed by atoms with Crippen molar-refractivity contribution in [3.05, 3.63) is 71.2 Å². The van der Waals surface area contributed by atoms with Gasteiger partial charge >= 0.3 is 5.97 Å². The Morgan fingerprint density at radius 2 is 1.70 bits per heavy atom. The van der Waals surface area contributed by atoms with Crippen LogP contribution in [0.5, 0.6) is 0 Å². The van der Waals surface area contributed by atoms with E-state index in [2.05, 4.69) is 18.7 Å². The second-order valence-corrected chi connectivity index (χ2v) is 13.5. The van der Waals surface area contributed by atoms with Gasteiger partial charge < -0.3 is 14.9 Å². The summed E-state index contributed by atoms with van der Waals surface area (Å²) < 4.78 is 29.6. The highest BCUT2D eigenvalue weighted by Crippen LogP contribution is 2.43. The lowest BCUT2D eigenvalue weighted by molar-refractivity contribution is 0.0697. The van der Waals surface area contributed by atoms with E-state index in [0.29, 0.717) is 46.4 Å². The van der Waals surface area contributed by atoms with Gasteiger partial charge in [-0.3, -0.25) is 0 Å². The van der Waals surface area contributed by atoms with Crippen LogP contribution in [0, 0.1) is 5.92 Å². The predicted octanol–water partition coefficient (Wildman–Crippen LogP) is 6.88. The van der Waals surface area contributed by atoms with Crippen molar-refractivity contribution in [2.75, 3.05) is 36.5 Å². The van der Waals surface area contributed by atoms with E-state index in [9.17, 15) is 18.3 Å². The van der Waals surface area contributed by atoms with Crippen LogP contribution in [0.3, 0.4) is 0 Å². The van der Waals surface area contributed by atoms with Crippen LogP contribution >= 0.6 is 11.6 Å². The minimum absolute atomic E-state index is 0.154. The number of fused-ring (bicyclic) bond motifs is 1. The molecule has 0 bridgehead atoms. The molecule has 0 amide bonds. The first-order valence-electron chi connectivity index (χ1n) is 13.8. The van der Waals surface area contributed by atoms with Crippen molar-refractivity contribution in [2.24, 2.45) is 5.92 Å². The van der Waals surface area contributed by atoms with Crippen molar-refractivity contribution in [2.45, 2.75) is 50.5 Å². The van der Waals surface area contributed by atoms with E-state index < -0.39 is 16.0 Å². The number of nitrogens with zero attached hydrogens (tertiary/aromatic N) is 3. The van der Waals surface area contributed by atoms with Gasteiger partial charge in [-0.15, -0.1) is 0 Å². The second-order valence-electron chi connectivity index (χ2n) is 11.1. The van der Waals surface area contributed by atoms with Gasteiger partial charge in [-0.1, -0.05) is 49.7 Å². The number of benzene rings is 3. The number of para-hydroxylation sites is 1. The Labute approximate surface area is 242 Å². The highest BCUT2D eigenvalue weighted by molar-refractivity contribution is 7.89. The first kappa shape index (κ1) is 28.5. The summed E-state index contributed by atoms with van der Waals surface area (Å²) in [6.07, 6.45) is 3.90. The molecule has 0 aliphatic carbocycles. The van der Waals surface area contributed by atoms with Crippen LogP contribution in [-0.2, 0) is 10.0 Å². The molecule has 1 N–H and O–H groups in total. The van der Waals surface area contributed by atoms with Gasteiger partial charge in [0, 0.05) is 44.0 Å². The minimum atomic E-state index is -3.88. The topological polar surface area (TPSA) is 81.2 Å². The van der Waals surface area contributed by atoms with Crippen LogP contribution in [0.4, 0.5) is 17.1 Å². The fraction of sp³-hybridized carbons (Fsp3) is 0.387. The van der Waals surface area contributed by atoms with Crippen molar-refractivity contribution in [1.29, 1.82) is 0 Å². The molecular formula is C31H36ClN3O4S. The number of likely N-dealkylation sites (N-methyl/N-ethyl adjacent to an activating group) is 1. The van der Waals surface area contributed by atoms with Gasteiger partial charge in [-0.2, -0.15) is 4.31 Å². The lowest BCUT2D eigenvalue weighted by atomic mass is 9.99. The van der Waals surface area contributed by atoms with Gasteiger partial charge in [0.05, 0.1) is 22.0 Å². The van der Waals surface area contributed by atoms with E-state index in [4.69, 9.17) is 11.6 Å². The molecule has 2 heterocycles. The summed E-state index contributed by atoms with van der Waals surface area (Å²) in [5.74, 6) is -0.721. The molecule has 9 heteroatoms. The molecule has 3 aromatic rings. The monoisotopic (exact) mass is 581 g/mol. The fourth-order valence-electron chi connectivity index (χ4n) is 5.86. The Morgan fingerprint density at radius 3 is 2.35 bits per heavy atom. The summed E-state index contributed by atoms with van der Waals surface area (Å²) in [6, 6.07) is 18.1. The van der Waals surface area contributed by atoms with E-state index in [-0.39, 0.29) is 16.5 Å². The molecule has 2 aliphatic heterocycles. The molecule has 0 radical (unpaired) electrons. The molecule has 3 aromatic carbocycles. The average Bonchev–Trinajstić information content (AvgIpc) is 3.01. The van der Waals surface area contributed by atoms with Crippen LogP contribution < -0.4 is 9.80 Å². The van der Waals surface area contributed by atoms with Gasteiger partial charge in [0.15, 0.2) is 0 Å². The Morgan fingerprint density at radius 1 is 1.00 bits per heavy atom. The summed E-state index contributed by atoms with van der Waals surface area (Å²) >= 11 is 6.88. The third kappa shape index (κ3) is 5.45. The van der Waals surface area contributed by atoms with E-state index in [0.717, 1.165) is 38.0 Å². The first-order chi connectivity index (χ1) is 19.1. The zero-order valence-electron chi connectivity index (χ0n) is 23.2. The largest absolute Gasteiger partial charge is 0.478 e. The molecule has 0 saturated carbocycles. The average molecular weight is 582 g/mol. The number of sulfonamides is 1. The summed E-state index contributed by atoms with van der Waals surface area (Å²) in [4.78, 5) is 16.6. The number of halogens is 1. The number of carboxylic acids is 1. The number of hydrogen-bond acceptors (Lipinski definition) is 5. The maximum absolute atomic E-state index is 14.1. The third-order valence-corrected chi connectivity index (χ3v) is 10.2. The fourth-order valence-corrected chi connectivity index (χ4v) is 7.68. The first-order valence-corrected chi connectivity index (χ1v) is 15.7. The maximum Gasteiger partial charge on any atom is 0.337 e. The third-order valence-electron chi connectivity index (χ3n) is 7.95. The number of hydrogen-bond donors (Lipinski definition) is 1. The molecule has 2 aliphatic rings. The van der Waals surface area contributed by atoms with Crippen molar-refractivity contribution in [1.82, 2.24) is 4.31 Å². The number of rotatable bonds is 6. The summed E-state index contributed by atoms with van der Waals surface area (Å²) in [7, 11) is -2.24. The van der Waals surface area contributed by atoms with Crippen LogP contribution in [0.15, 0.2) is 65.6 Å². The molecule has 1 saturated heterocycles. The molecule has 40 heavy (non-hydrogen) atoms. The zero-order valence-corrected chi connectivity index (χ0v) is 24.8. The van der Waals surface area contributed by atoms with Gasteiger partial charge in [0.2, 0.25) is 10.0 Å². The smallest absolute Gasteiger partial charge is 0.337 e. The Bertz CT molecular complexity index is 1500. The van der Waals surface area contributed by atoms with Crippen LogP contribution in [0.1, 0.15) is 49.9 Å². The van der Waals surface area contributed by atoms with E-state index in [1.54, 1.807) is 25.2 Å². The van der Waals surface area contributed by atoms with E-state index in [1.807, 2.05) is 47.4 Å². The van der Waals surface area contributed by atoms with Crippen molar-refractivity contribution >= 4 is 44.7 Å². The molecule has 212 valence electrons. The highest BCUT2D eigenvalue weighted by atomic mass is 35.5. The highest BCUT2D eigenvalue weighted by Gasteiger charge is 2.38. The van der Waals surface area contributed by atoms with Crippen LogP contribution in [-0.4, -0.2) is 56.5 Å². The lowest BCUT2D eigenvalue weighted by Crippen LogP contribution is -2.41. The van der Waals surface area contributed by atoms with Crippen molar-refractivity contribution in [3.63, 3.8) is 0 Å². The molecular weight excluding hydrogens is 546 g/mol. The number of anilines is 3. The molecule has 0 spiro atoms. The standard InChI is InChI=1S/C31H36ClN3O4S/c1-21(2)16-24-20-35(23-10-6-4-7-11-23)29-19-27(32)25(18-30(29)40(38,39)33(24)3)22-12-13-28(26(17-22)31(36)37)34-14-8-5-9-15-34/h4,6-7,10-13,17-19,21,24H,5,8-9,14-16,20H2,1-3H3,(H,36,37)/t24-/m1/s1. The van der Waals surface area contributed by atoms with Gasteiger partial charge in [-0.05, 0) is 73.6 Å². The summed E-state index contributed by atoms with van der Waals surface area (Å²) in [6.45, 7) is 6.30. The van der Waals surface area contributed by atoms with Gasteiger partial charge in [0.1, 0.15) is 4.90 Å². The van der Waals surface area contributed by atoms with Crippen LogP contribution in [0.25, 0.3) is 11.1 Å². The minimum Gasteiger partial charge on any atom is -0.478 e. The zero-order chi connectivity index (χ0) is 28.6. The molecule has 7 nitrogen and oxygen atoms in total. The quantitative estimate of drug-likeness (QED) is 0.342. The molecule has 0 aromatic heterocycles. The Balaban J connectivity index is 1.67. The van der Waals surface area contributed by atoms with Crippen molar-refractivity contribution < 1.29 is 18.3 Å². The van der Waals surface area contributed by atoms with Crippen molar-refractivity contribution in [3.8, 4) is 11.1 Å². The summed E-state index contributed by atoms with van der Waals surface area (Å²) in [5, 5.41) is 10.4. The van der Waals surface area contributed by atoms with E-state index in [1.165, 1.54) is 4.31 Å². The number of carbonyl (C=O) groups is 1. The molecule has 1 fully saturated rings. The van der Waals surface area contributed by atoms with Gasteiger partial charge in [0.25, 0.3) is 0 Å². The molecule has 5 rings (SSSR count). The molecule has 1 atom stereocenters. The number of carboxylic acid groups (broad SMARTS) is 1. The summed E-state index contributed by atoms with van der Waals surface area (Å²) in [5.41, 5.74) is 3.32. The number of piperidine rings is 1. The van der Waals surface area contributed by atoms with Gasteiger partial charge in [-0.25, -0.2) is 13.2 Å². The SMILES string of the molecule is CC(C)C[C@@H]1CN(c2ccccc2)c2cc(Cl)c(-c3ccc(N4CCCCC4)c(C(=O)O)c3)cc2S(=O)(=O)N1C. The lowest BCUT2D eigenvalue weighted by Gasteiger charge is -2.30. The second kappa shape index (κ2) is 11.4. The van der Waals surface area contributed by atoms with Crippen LogP contribution in [0.2, 0.25) is 5.02 Å². The Kier molecular flexibility index (Phi) is 8.13.